The summed E-state index contributed by atoms with van der Waals surface area (Å²) in [6, 6.07) is 6.38. The van der Waals surface area contributed by atoms with Gasteiger partial charge in [-0.2, -0.15) is 0 Å². The van der Waals surface area contributed by atoms with Gasteiger partial charge in [0.15, 0.2) is 0 Å². The van der Waals surface area contributed by atoms with Crippen molar-refractivity contribution in [2.24, 2.45) is 5.92 Å². The minimum atomic E-state index is 0.732. The van der Waals surface area contributed by atoms with Gasteiger partial charge in [0.2, 0.25) is 0 Å². The van der Waals surface area contributed by atoms with E-state index in [2.05, 4.69) is 55.4 Å². The molecule has 0 aromatic heterocycles. The van der Waals surface area contributed by atoms with Gasteiger partial charge in [-0.15, -0.1) is 13.2 Å². The minimum absolute atomic E-state index is 0.732. The van der Waals surface area contributed by atoms with Crippen LogP contribution in [0, 0.1) is 5.92 Å². The molecule has 3 nitrogen and oxygen atoms in total. The fraction of sp³-hybridized carbons (Fsp3) is 0.474. The van der Waals surface area contributed by atoms with E-state index in [0.29, 0.717) is 0 Å². The number of anilines is 1. The van der Waals surface area contributed by atoms with E-state index in [4.69, 9.17) is 4.74 Å². The number of rotatable bonds is 11. The molecular weight excluding hydrogens is 272 g/mol. The molecule has 0 atom stereocenters. The Hall–Kier alpha value is -1.74. The number of hydrogen-bond donors (Lipinski definition) is 1. The highest BCUT2D eigenvalue weighted by atomic mass is 16.5. The fourth-order valence-corrected chi connectivity index (χ4v) is 2.30. The summed E-state index contributed by atoms with van der Waals surface area (Å²) in [6.07, 6.45) is 4.98. The van der Waals surface area contributed by atoms with Crippen LogP contribution in [0.15, 0.2) is 43.5 Å². The molecule has 0 aliphatic heterocycles. The Morgan fingerprint density at radius 2 is 1.91 bits per heavy atom. The molecule has 0 spiro atoms. The van der Waals surface area contributed by atoms with Crippen molar-refractivity contribution in [2.75, 3.05) is 31.6 Å². The van der Waals surface area contributed by atoms with Crippen LogP contribution in [0.25, 0.3) is 0 Å². The molecular formula is C19H30N2O. The summed E-state index contributed by atoms with van der Waals surface area (Å²) in [5, 5.41) is 3.48. The Morgan fingerprint density at radius 1 is 1.23 bits per heavy atom. The lowest BCUT2D eigenvalue weighted by molar-refractivity contribution is 0.414. The number of ether oxygens (including phenoxy) is 1. The molecule has 122 valence electrons. The van der Waals surface area contributed by atoms with Crippen molar-refractivity contribution in [3.05, 3.63) is 49.1 Å². The van der Waals surface area contributed by atoms with Gasteiger partial charge >= 0.3 is 0 Å². The van der Waals surface area contributed by atoms with E-state index in [1.54, 1.807) is 7.11 Å². The lowest BCUT2D eigenvalue weighted by atomic mass is 10.1. The summed E-state index contributed by atoms with van der Waals surface area (Å²) in [7, 11) is 1.72. The van der Waals surface area contributed by atoms with Gasteiger partial charge in [-0.25, -0.2) is 0 Å². The summed E-state index contributed by atoms with van der Waals surface area (Å²) >= 11 is 0. The fourth-order valence-electron chi connectivity index (χ4n) is 2.30. The van der Waals surface area contributed by atoms with Crippen LogP contribution in [0.1, 0.15) is 25.8 Å². The highest BCUT2D eigenvalue weighted by Gasteiger charge is 2.10. The molecule has 0 fully saturated rings. The van der Waals surface area contributed by atoms with Gasteiger partial charge in [0, 0.05) is 19.6 Å². The van der Waals surface area contributed by atoms with E-state index in [0.717, 1.165) is 43.5 Å². The molecule has 1 N–H and O–H groups in total. The zero-order valence-corrected chi connectivity index (χ0v) is 14.3. The Kier molecular flexibility index (Phi) is 8.38. The normalized spacial score (nSPS) is 10.5. The van der Waals surface area contributed by atoms with Crippen molar-refractivity contribution in [2.45, 2.75) is 26.8 Å². The largest absolute Gasteiger partial charge is 0.495 e. The molecule has 0 unspecified atom stereocenters. The van der Waals surface area contributed by atoms with Crippen LogP contribution in [-0.2, 0) is 6.54 Å². The second-order valence-electron chi connectivity index (χ2n) is 5.85. The summed E-state index contributed by atoms with van der Waals surface area (Å²) < 4.78 is 5.57. The zero-order valence-electron chi connectivity index (χ0n) is 14.3. The Bertz CT molecular complexity index is 459. The minimum Gasteiger partial charge on any atom is -0.495 e. The van der Waals surface area contributed by atoms with Crippen LogP contribution in [0.3, 0.4) is 0 Å². The zero-order chi connectivity index (χ0) is 16.4. The third-order valence-corrected chi connectivity index (χ3v) is 3.51. The molecule has 0 saturated heterocycles. The molecule has 0 aliphatic rings. The van der Waals surface area contributed by atoms with Crippen molar-refractivity contribution in [1.29, 1.82) is 0 Å². The second-order valence-corrected chi connectivity index (χ2v) is 5.85. The summed E-state index contributed by atoms with van der Waals surface area (Å²) in [5.41, 5.74) is 2.31. The first-order valence-electron chi connectivity index (χ1n) is 7.96. The maximum absolute atomic E-state index is 5.57. The Labute approximate surface area is 135 Å². The highest BCUT2D eigenvalue weighted by Crippen LogP contribution is 2.29. The van der Waals surface area contributed by atoms with Gasteiger partial charge < -0.3 is 15.0 Å². The van der Waals surface area contributed by atoms with Crippen molar-refractivity contribution in [3.63, 3.8) is 0 Å². The van der Waals surface area contributed by atoms with Crippen molar-refractivity contribution in [3.8, 4) is 5.75 Å². The standard InChI is InChI=1S/C19H30N2O/c1-6-12-21(13-7-2)18-9-8-17(14-19(18)22-5)15-20-11-10-16(3)4/h6-9,14,16,20H,1-2,10-13,15H2,3-5H3. The van der Waals surface area contributed by atoms with Crippen LogP contribution in [0.2, 0.25) is 0 Å². The first kappa shape index (κ1) is 18.3. The molecule has 0 aliphatic carbocycles. The molecule has 0 bridgehead atoms. The first-order valence-corrected chi connectivity index (χ1v) is 7.96. The van der Waals surface area contributed by atoms with Crippen molar-refractivity contribution >= 4 is 5.69 Å². The molecule has 22 heavy (non-hydrogen) atoms. The smallest absolute Gasteiger partial charge is 0.142 e. The molecule has 1 aromatic carbocycles. The van der Waals surface area contributed by atoms with Crippen LogP contribution in [0.5, 0.6) is 5.75 Å². The van der Waals surface area contributed by atoms with Gasteiger partial charge in [0.1, 0.15) is 5.75 Å². The monoisotopic (exact) mass is 302 g/mol. The van der Waals surface area contributed by atoms with Gasteiger partial charge in [-0.3, -0.25) is 0 Å². The number of nitrogens with one attached hydrogen (secondary N) is 1. The van der Waals surface area contributed by atoms with E-state index < -0.39 is 0 Å². The Morgan fingerprint density at radius 3 is 2.45 bits per heavy atom. The average Bonchev–Trinajstić information content (AvgIpc) is 2.51. The van der Waals surface area contributed by atoms with Gasteiger partial charge in [-0.1, -0.05) is 32.1 Å². The third-order valence-electron chi connectivity index (χ3n) is 3.51. The lowest BCUT2D eigenvalue weighted by Gasteiger charge is -2.24. The van der Waals surface area contributed by atoms with Gasteiger partial charge in [0.25, 0.3) is 0 Å². The number of methoxy groups -OCH3 is 1. The van der Waals surface area contributed by atoms with Crippen LogP contribution in [0.4, 0.5) is 5.69 Å². The van der Waals surface area contributed by atoms with E-state index in [9.17, 15) is 0 Å². The molecule has 0 saturated carbocycles. The maximum Gasteiger partial charge on any atom is 0.142 e. The van der Waals surface area contributed by atoms with E-state index >= 15 is 0 Å². The quantitative estimate of drug-likeness (QED) is 0.494. The predicted octanol–water partition coefficient (Wildman–Crippen LogP) is 4.01. The number of hydrogen-bond acceptors (Lipinski definition) is 3. The molecule has 3 heteroatoms. The molecule has 0 amide bonds. The summed E-state index contributed by atoms with van der Waals surface area (Å²) in [6.45, 7) is 15.6. The second kappa shape index (κ2) is 10.1. The molecule has 1 rings (SSSR count). The highest BCUT2D eigenvalue weighted by molar-refractivity contribution is 5.60. The van der Waals surface area contributed by atoms with Crippen LogP contribution >= 0.6 is 0 Å². The van der Waals surface area contributed by atoms with E-state index in [-0.39, 0.29) is 0 Å². The third kappa shape index (κ3) is 5.94. The summed E-state index contributed by atoms with van der Waals surface area (Å²) in [4.78, 5) is 2.19. The predicted molar refractivity (Wildman–Crippen MR) is 96.8 cm³/mol. The Balaban J connectivity index is 2.76. The molecule has 1 aromatic rings. The molecule has 0 radical (unpaired) electrons. The number of benzene rings is 1. The average molecular weight is 302 g/mol. The van der Waals surface area contributed by atoms with E-state index in [1.807, 2.05) is 12.2 Å². The molecule has 0 heterocycles. The number of nitrogens with zero attached hydrogens (tertiary/aromatic N) is 1. The first-order chi connectivity index (χ1) is 10.6. The van der Waals surface area contributed by atoms with Crippen molar-refractivity contribution in [1.82, 2.24) is 5.32 Å². The summed E-state index contributed by atoms with van der Waals surface area (Å²) in [5.74, 6) is 1.63. The SMILES string of the molecule is C=CCN(CC=C)c1ccc(CNCCC(C)C)cc1OC. The topological polar surface area (TPSA) is 24.5 Å². The van der Waals surface area contributed by atoms with Crippen LogP contribution < -0.4 is 15.0 Å². The van der Waals surface area contributed by atoms with E-state index in [1.165, 1.54) is 12.0 Å². The van der Waals surface area contributed by atoms with Crippen molar-refractivity contribution < 1.29 is 4.74 Å². The van der Waals surface area contributed by atoms with Crippen LogP contribution in [-0.4, -0.2) is 26.7 Å². The maximum atomic E-state index is 5.57. The lowest BCUT2D eigenvalue weighted by Crippen LogP contribution is -2.24. The van der Waals surface area contributed by atoms with Gasteiger partial charge in [-0.05, 0) is 36.6 Å². The van der Waals surface area contributed by atoms with Gasteiger partial charge in [0.05, 0.1) is 12.8 Å².